The summed E-state index contributed by atoms with van der Waals surface area (Å²) < 4.78 is 5.49. The van der Waals surface area contributed by atoms with Crippen LogP contribution in [0.4, 0.5) is 0 Å². The third-order valence-corrected chi connectivity index (χ3v) is 6.38. The number of likely N-dealkylation sites (N-methyl/N-ethyl adjacent to an activating group) is 1. The first-order chi connectivity index (χ1) is 17.8. The zero-order valence-electron chi connectivity index (χ0n) is 22.4. The number of aliphatic carboxylic acids is 2. The number of amides is 4. The standard InChI is InChI=1S/C24H41N5O9/c1-13(2)10-15(26-3)22(34)28-16(11-21(32)33)23(35)29-9-5-6-18(38-4)17(29)12-20(31)27-14(24(36)37)7-8-19(25)30/h13-18,26H,5-12H2,1-4H3,(H2,25,30)(H,27,31)(H,28,34)(H,32,33)(H,36,37)/t14-,15-,16-,17-,18-/m0/s1. The average Bonchev–Trinajstić information content (AvgIpc) is 2.83. The van der Waals surface area contributed by atoms with Gasteiger partial charge in [0.1, 0.15) is 12.1 Å². The van der Waals surface area contributed by atoms with Crippen LogP contribution < -0.4 is 21.7 Å². The maximum absolute atomic E-state index is 13.6. The van der Waals surface area contributed by atoms with Crippen molar-refractivity contribution < 1.29 is 43.7 Å². The van der Waals surface area contributed by atoms with Crippen LogP contribution in [-0.4, -0.2) is 102 Å². The highest BCUT2D eigenvalue weighted by Crippen LogP contribution is 2.24. The Kier molecular flexibility index (Phi) is 13.7. The van der Waals surface area contributed by atoms with Gasteiger partial charge in [-0.25, -0.2) is 4.79 Å². The molecule has 0 aromatic carbocycles. The third kappa shape index (κ3) is 10.6. The van der Waals surface area contributed by atoms with Crippen molar-refractivity contribution in [3.05, 3.63) is 0 Å². The van der Waals surface area contributed by atoms with Crippen LogP contribution in [0, 0.1) is 5.92 Å². The van der Waals surface area contributed by atoms with Crippen molar-refractivity contribution in [2.75, 3.05) is 20.7 Å². The zero-order valence-corrected chi connectivity index (χ0v) is 22.4. The van der Waals surface area contributed by atoms with Crippen LogP contribution in [0.1, 0.15) is 58.8 Å². The summed E-state index contributed by atoms with van der Waals surface area (Å²) in [5.74, 6) is -5.07. The van der Waals surface area contributed by atoms with Gasteiger partial charge in [-0.1, -0.05) is 13.8 Å². The number of methoxy groups -OCH3 is 1. The number of hydrogen-bond donors (Lipinski definition) is 6. The molecule has 216 valence electrons. The van der Waals surface area contributed by atoms with E-state index >= 15 is 0 Å². The summed E-state index contributed by atoms with van der Waals surface area (Å²) in [6.45, 7) is 4.04. The summed E-state index contributed by atoms with van der Waals surface area (Å²) in [6.07, 6.45) is -0.531. The number of nitrogens with two attached hydrogens (primary N) is 1. The molecule has 1 rings (SSSR count). The molecule has 1 heterocycles. The van der Waals surface area contributed by atoms with E-state index in [1.165, 1.54) is 12.0 Å². The Balaban J connectivity index is 3.13. The van der Waals surface area contributed by atoms with Gasteiger partial charge in [0, 0.05) is 26.5 Å². The van der Waals surface area contributed by atoms with Gasteiger partial charge in [0.25, 0.3) is 0 Å². The molecule has 1 fully saturated rings. The van der Waals surface area contributed by atoms with Gasteiger partial charge in [-0.05, 0) is 38.6 Å². The van der Waals surface area contributed by atoms with E-state index in [1.54, 1.807) is 7.05 Å². The monoisotopic (exact) mass is 543 g/mol. The summed E-state index contributed by atoms with van der Waals surface area (Å²) >= 11 is 0. The summed E-state index contributed by atoms with van der Waals surface area (Å²) in [7, 11) is 3.01. The molecule has 0 spiro atoms. The maximum atomic E-state index is 13.6. The van der Waals surface area contributed by atoms with E-state index in [1.807, 2.05) is 13.8 Å². The van der Waals surface area contributed by atoms with Crippen molar-refractivity contribution in [1.29, 1.82) is 0 Å². The Morgan fingerprint density at radius 1 is 1.05 bits per heavy atom. The Labute approximate surface area is 222 Å². The molecule has 0 saturated carbocycles. The molecule has 0 bridgehead atoms. The molecule has 14 nitrogen and oxygen atoms in total. The normalized spacial score (nSPS) is 19.8. The lowest BCUT2D eigenvalue weighted by atomic mass is 9.94. The third-order valence-electron chi connectivity index (χ3n) is 6.38. The SMILES string of the molecule is CN[C@@H](CC(C)C)C(=O)N[C@@H](CC(=O)O)C(=O)N1CCC[C@H](OC)[C@@H]1CC(=O)N[C@@H](CCC(N)=O)C(=O)O. The first kappa shape index (κ1) is 32.8. The van der Waals surface area contributed by atoms with Crippen LogP contribution in [0.15, 0.2) is 0 Å². The second-order valence-electron chi connectivity index (χ2n) is 9.81. The number of hydrogen-bond acceptors (Lipinski definition) is 8. The van der Waals surface area contributed by atoms with Gasteiger partial charge < -0.3 is 41.5 Å². The molecule has 14 heteroatoms. The lowest BCUT2D eigenvalue weighted by Gasteiger charge is -2.42. The van der Waals surface area contributed by atoms with Crippen LogP contribution in [0.25, 0.3) is 0 Å². The Morgan fingerprint density at radius 2 is 1.71 bits per heavy atom. The number of nitrogens with zero attached hydrogens (tertiary/aromatic N) is 1. The minimum absolute atomic E-state index is 0.164. The van der Waals surface area contributed by atoms with Gasteiger partial charge in [0.2, 0.25) is 23.6 Å². The largest absolute Gasteiger partial charge is 0.481 e. The number of primary amides is 1. The first-order valence-electron chi connectivity index (χ1n) is 12.6. The molecule has 38 heavy (non-hydrogen) atoms. The van der Waals surface area contributed by atoms with E-state index in [2.05, 4.69) is 16.0 Å². The van der Waals surface area contributed by atoms with Crippen LogP contribution >= 0.6 is 0 Å². The van der Waals surface area contributed by atoms with E-state index in [-0.39, 0.29) is 31.7 Å². The summed E-state index contributed by atoms with van der Waals surface area (Å²) in [5, 5.41) is 26.6. The molecule has 5 atom stereocenters. The van der Waals surface area contributed by atoms with Gasteiger partial charge in [0.05, 0.1) is 24.6 Å². The van der Waals surface area contributed by atoms with E-state index in [0.29, 0.717) is 19.3 Å². The highest BCUT2D eigenvalue weighted by molar-refractivity contribution is 5.93. The second-order valence-corrected chi connectivity index (χ2v) is 9.81. The fraction of sp³-hybridized carbons (Fsp3) is 0.750. The van der Waals surface area contributed by atoms with E-state index in [4.69, 9.17) is 10.5 Å². The van der Waals surface area contributed by atoms with Crippen molar-refractivity contribution in [3.8, 4) is 0 Å². The molecule has 4 amide bonds. The molecule has 0 unspecified atom stereocenters. The Morgan fingerprint density at radius 3 is 2.21 bits per heavy atom. The van der Waals surface area contributed by atoms with Gasteiger partial charge in [-0.15, -0.1) is 0 Å². The minimum Gasteiger partial charge on any atom is -0.481 e. The lowest BCUT2D eigenvalue weighted by Crippen LogP contribution is -2.60. The van der Waals surface area contributed by atoms with E-state index in [0.717, 1.165) is 0 Å². The molecular weight excluding hydrogens is 502 g/mol. The summed E-state index contributed by atoms with van der Waals surface area (Å²) in [4.78, 5) is 74.6. The topological polar surface area (TPSA) is 217 Å². The molecule has 7 N–H and O–H groups in total. The molecule has 0 radical (unpaired) electrons. The number of likely N-dealkylation sites (tertiary alicyclic amines) is 1. The van der Waals surface area contributed by atoms with Crippen LogP contribution in [-0.2, 0) is 33.5 Å². The average molecular weight is 544 g/mol. The van der Waals surface area contributed by atoms with Crippen molar-refractivity contribution in [2.24, 2.45) is 11.7 Å². The lowest BCUT2D eigenvalue weighted by molar-refractivity contribution is -0.150. The van der Waals surface area contributed by atoms with E-state index in [9.17, 15) is 39.0 Å². The number of carbonyl (C=O) groups excluding carboxylic acids is 4. The van der Waals surface area contributed by atoms with Gasteiger partial charge in [-0.2, -0.15) is 0 Å². The molecule has 1 saturated heterocycles. The number of carboxylic acids is 2. The number of piperidine rings is 1. The molecule has 1 aliphatic heterocycles. The number of nitrogens with one attached hydrogen (secondary N) is 3. The van der Waals surface area contributed by atoms with Crippen molar-refractivity contribution in [1.82, 2.24) is 20.9 Å². The zero-order chi connectivity index (χ0) is 29.0. The van der Waals surface area contributed by atoms with E-state index < -0.39 is 72.3 Å². The fourth-order valence-corrected chi connectivity index (χ4v) is 4.47. The number of carboxylic acid groups (broad SMARTS) is 2. The number of carbonyl (C=O) groups is 6. The molecule has 0 aliphatic carbocycles. The van der Waals surface area contributed by atoms with Crippen LogP contribution in [0.3, 0.4) is 0 Å². The van der Waals surface area contributed by atoms with Gasteiger partial charge >= 0.3 is 11.9 Å². The smallest absolute Gasteiger partial charge is 0.326 e. The van der Waals surface area contributed by atoms with Crippen LogP contribution in [0.2, 0.25) is 0 Å². The first-order valence-corrected chi connectivity index (χ1v) is 12.6. The summed E-state index contributed by atoms with van der Waals surface area (Å²) in [5.41, 5.74) is 5.08. The van der Waals surface area contributed by atoms with Gasteiger partial charge in [0.15, 0.2) is 0 Å². The second kappa shape index (κ2) is 15.9. The maximum Gasteiger partial charge on any atom is 0.326 e. The van der Waals surface area contributed by atoms with Crippen LogP contribution in [0.5, 0.6) is 0 Å². The molecule has 0 aromatic heterocycles. The van der Waals surface area contributed by atoms with Crippen molar-refractivity contribution in [3.63, 3.8) is 0 Å². The summed E-state index contributed by atoms with van der Waals surface area (Å²) in [6, 6.07) is -4.22. The van der Waals surface area contributed by atoms with Crippen molar-refractivity contribution in [2.45, 2.75) is 89.1 Å². The van der Waals surface area contributed by atoms with Gasteiger partial charge in [-0.3, -0.25) is 24.0 Å². The molecular formula is C24H41N5O9. The number of ether oxygens (including phenoxy) is 1. The fourth-order valence-electron chi connectivity index (χ4n) is 4.47. The number of rotatable bonds is 16. The highest BCUT2D eigenvalue weighted by atomic mass is 16.5. The Bertz CT molecular complexity index is 866. The minimum atomic E-state index is -1.38. The Hall–Kier alpha value is -3.26. The van der Waals surface area contributed by atoms with Crippen molar-refractivity contribution >= 4 is 35.6 Å². The predicted octanol–water partition coefficient (Wildman–Crippen LogP) is -1.19. The quantitative estimate of drug-likeness (QED) is 0.137. The molecule has 1 aliphatic rings. The molecule has 0 aromatic rings. The highest BCUT2D eigenvalue weighted by Gasteiger charge is 2.40. The predicted molar refractivity (Wildman–Crippen MR) is 135 cm³/mol.